The number of para-hydroxylation sites is 6. The van der Waals surface area contributed by atoms with E-state index >= 15 is 0 Å². The number of rotatable bonds is 33. The number of anilines is 3. The predicted octanol–water partition coefficient (Wildman–Crippen LogP) is 19.5. The molecule has 0 spiro atoms. The molecule has 12 nitrogen and oxygen atoms in total. The highest BCUT2D eigenvalue weighted by molar-refractivity contribution is 6.85. The summed E-state index contributed by atoms with van der Waals surface area (Å²) < 4.78 is 58.4. The first kappa shape index (κ1) is 63.2. The van der Waals surface area contributed by atoms with Gasteiger partial charge in [0.15, 0.2) is 16.6 Å². The fourth-order valence-electron chi connectivity index (χ4n) is 11.1. The lowest BCUT2D eigenvalue weighted by atomic mass is 10.1. The smallest absolute Gasteiger partial charge is 0.494 e. The third-order valence-corrected chi connectivity index (χ3v) is 26.0. The second-order valence-corrected chi connectivity index (χ2v) is 35.1. The van der Waals surface area contributed by atoms with Gasteiger partial charge in [0.1, 0.15) is 51.6 Å². The van der Waals surface area contributed by atoms with Crippen LogP contribution in [0.2, 0.25) is 44.3 Å². The monoisotopic (exact) mass is 1210 g/mol. The van der Waals surface area contributed by atoms with Gasteiger partial charge in [-0.1, -0.05) is 152 Å². The molecule has 0 saturated carbocycles. The van der Waals surface area contributed by atoms with E-state index < -0.39 is 37.4 Å². The Hall–Kier alpha value is -7.31. The minimum atomic E-state index is -3.44. The summed E-state index contributed by atoms with van der Waals surface area (Å²) in [7, 11) is -7.82. The Morgan fingerprint density at radius 3 is 1.37 bits per heavy atom. The molecule has 86 heavy (non-hydrogen) atoms. The molecule has 7 aromatic carbocycles. The maximum atomic E-state index is 13.9. The molecular formula is C71H87NO11Si3. The zero-order valence-corrected chi connectivity index (χ0v) is 54.4. The lowest BCUT2D eigenvalue weighted by Gasteiger charge is -2.42. The summed E-state index contributed by atoms with van der Waals surface area (Å²) in [5, 5.41) is 0. The van der Waals surface area contributed by atoms with E-state index in [1.54, 1.807) is 42.5 Å². The lowest BCUT2D eigenvalue weighted by Crippen LogP contribution is -2.57. The maximum Gasteiger partial charge on any atom is 0.699 e. The molecule has 0 atom stereocenters. The van der Waals surface area contributed by atoms with Crippen LogP contribution in [0.4, 0.5) is 17.1 Å². The molecule has 0 fully saturated rings. The topological polar surface area (TPSA) is 120 Å². The molecule has 454 valence electrons. The lowest BCUT2D eigenvalue weighted by molar-refractivity contribution is 0.0722. The van der Waals surface area contributed by atoms with Crippen LogP contribution in [-0.4, -0.2) is 57.2 Å². The highest BCUT2D eigenvalue weighted by atomic mass is 28.4. The molecule has 0 aliphatic carbocycles. The van der Waals surface area contributed by atoms with Crippen LogP contribution in [0.1, 0.15) is 131 Å². The van der Waals surface area contributed by atoms with E-state index in [9.17, 15) is 9.59 Å². The Morgan fingerprint density at radius 2 is 0.849 bits per heavy atom. The standard InChI is InChI=1S/C71H87NO11Si3/c1-7-9-11-13-15-24-48-75-58-40-38-57(39-41-58)70(73)78-59-42-34-55(35-43-59)56-36-44-60(45-37-56)79-71(74)62-47-46-61(76-49-25-16-14-12-10-8-2)54-69(62)77-50-26-17-27-51-84(3,4)83-85(5,6)52-53-86-80-66-31-21-18-28-63(66)72(64-29-19-22-32-67(64)81-86)65-30-20-23-33-68(65)82-86/h18-23,28-47,54H,7-17,24-27,48-53H2,1-6H3. The molecule has 0 unspecified atom stereocenters. The Kier molecular flexibility index (Phi) is 22.7. The van der Waals surface area contributed by atoms with Gasteiger partial charge in [0.2, 0.25) is 0 Å². The molecule has 3 aliphatic heterocycles. The number of carbonyl (C=O) groups excluding carboxylic acids is 2. The van der Waals surface area contributed by atoms with Gasteiger partial charge in [0.25, 0.3) is 0 Å². The molecule has 0 amide bonds. The van der Waals surface area contributed by atoms with Gasteiger partial charge in [-0.2, -0.15) is 0 Å². The first-order valence-corrected chi connectivity index (χ1v) is 39.6. The second-order valence-electron chi connectivity index (χ2n) is 23.8. The van der Waals surface area contributed by atoms with Crippen molar-refractivity contribution < 1.29 is 50.7 Å². The van der Waals surface area contributed by atoms with Gasteiger partial charge >= 0.3 is 20.7 Å². The van der Waals surface area contributed by atoms with Gasteiger partial charge < -0.3 is 46.0 Å². The van der Waals surface area contributed by atoms with E-state index in [-0.39, 0.29) is 0 Å². The van der Waals surface area contributed by atoms with Crippen molar-refractivity contribution in [1.29, 1.82) is 0 Å². The molecule has 15 heteroatoms. The van der Waals surface area contributed by atoms with Crippen molar-refractivity contribution in [2.24, 2.45) is 0 Å². The van der Waals surface area contributed by atoms with E-state index in [4.69, 9.17) is 41.1 Å². The summed E-state index contributed by atoms with van der Waals surface area (Å²) in [6.45, 7) is 15.4. The van der Waals surface area contributed by atoms with Crippen molar-refractivity contribution in [3.8, 4) is 57.1 Å². The second kappa shape index (κ2) is 30.9. The van der Waals surface area contributed by atoms with E-state index in [0.717, 1.165) is 108 Å². The Bertz CT molecular complexity index is 3160. The number of carbonyl (C=O) groups is 2. The van der Waals surface area contributed by atoms with Crippen LogP contribution in [0, 0.1) is 0 Å². The van der Waals surface area contributed by atoms with Gasteiger partial charge in [-0.25, -0.2) is 9.59 Å². The molecule has 0 saturated heterocycles. The number of ether oxygens (including phenoxy) is 5. The molecular weight excluding hydrogens is 1130 g/mol. The van der Waals surface area contributed by atoms with Crippen LogP contribution >= 0.6 is 0 Å². The van der Waals surface area contributed by atoms with Crippen LogP contribution < -0.4 is 41.9 Å². The number of hydrogen-bond acceptors (Lipinski definition) is 12. The fraction of sp³-hybridized carbons (Fsp3) is 0.380. The fourth-order valence-corrected chi connectivity index (χ4v) is 24.6. The van der Waals surface area contributed by atoms with Crippen LogP contribution in [0.5, 0.6) is 46.0 Å². The first-order valence-electron chi connectivity index (χ1n) is 31.4. The Labute approximate surface area is 513 Å². The van der Waals surface area contributed by atoms with Crippen molar-refractivity contribution in [3.63, 3.8) is 0 Å². The minimum absolute atomic E-state index is 0.329. The number of esters is 2. The summed E-state index contributed by atoms with van der Waals surface area (Å²) in [6, 6.07) is 54.0. The van der Waals surface area contributed by atoms with Crippen molar-refractivity contribution >= 4 is 54.4 Å². The molecule has 0 N–H and O–H groups in total. The van der Waals surface area contributed by atoms with Crippen molar-refractivity contribution in [2.75, 3.05) is 24.7 Å². The van der Waals surface area contributed by atoms with E-state index in [2.05, 4.69) is 63.1 Å². The summed E-state index contributed by atoms with van der Waals surface area (Å²) in [5.74, 6) is 3.95. The highest BCUT2D eigenvalue weighted by Crippen LogP contribution is 2.52. The van der Waals surface area contributed by atoms with Crippen LogP contribution in [0.25, 0.3) is 11.1 Å². The van der Waals surface area contributed by atoms with Crippen LogP contribution in [0.15, 0.2) is 164 Å². The van der Waals surface area contributed by atoms with Crippen molar-refractivity contribution in [1.82, 2.24) is 0 Å². The quantitative estimate of drug-likeness (QED) is 0.0169. The first-order chi connectivity index (χ1) is 41.8. The van der Waals surface area contributed by atoms with Crippen LogP contribution in [0.3, 0.4) is 0 Å². The Balaban J connectivity index is 0.763. The molecule has 2 bridgehead atoms. The maximum absolute atomic E-state index is 13.9. The number of benzene rings is 7. The average Bonchev–Trinajstić information content (AvgIpc) is 0.891. The van der Waals surface area contributed by atoms with E-state index in [1.165, 1.54) is 51.4 Å². The van der Waals surface area contributed by atoms with Crippen molar-refractivity contribution in [2.45, 2.75) is 154 Å². The number of nitrogens with zero attached hydrogens (tertiary/aromatic N) is 1. The zero-order chi connectivity index (χ0) is 60.2. The SMILES string of the molecule is CCCCCCCCOc1ccc(C(=O)Oc2ccc(-c3ccc(OC(=O)c4ccc(OCCCCCCCC)cc4OCCCCC[Si](C)(C)O[Si](C)(C)CC[Si]45Oc6ccccc6N(c6ccccc6O4)c4ccccc4O5)cc3)cc2)cc1. The summed E-state index contributed by atoms with van der Waals surface area (Å²) in [5.41, 5.74) is 5.46. The zero-order valence-electron chi connectivity index (χ0n) is 51.4. The largest absolute Gasteiger partial charge is 0.699 e. The number of unbranched alkanes of at least 4 members (excludes halogenated alkanes) is 12. The highest BCUT2D eigenvalue weighted by Gasteiger charge is 2.54. The van der Waals surface area contributed by atoms with E-state index in [0.29, 0.717) is 60.0 Å². The van der Waals surface area contributed by atoms with Gasteiger partial charge in [-0.05, 0) is 166 Å². The normalized spacial score (nSPS) is 13.1. The van der Waals surface area contributed by atoms with Gasteiger partial charge in [-0.15, -0.1) is 0 Å². The Morgan fingerprint density at radius 1 is 0.430 bits per heavy atom. The summed E-state index contributed by atoms with van der Waals surface area (Å²) >= 11 is 0. The van der Waals surface area contributed by atoms with E-state index in [1.807, 2.05) is 103 Å². The van der Waals surface area contributed by atoms with Gasteiger partial charge in [0.05, 0.1) is 48.5 Å². The molecule has 3 aliphatic rings. The van der Waals surface area contributed by atoms with Crippen LogP contribution in [-0.2, 0) is 4.12 Å². The summed E-state index contributed by atoms with van der Waals surface area (Å²) in [6.07, 6.45) is 16.9. The molecule has 3 heterocycles. The molecule has 7 aromatic rings. The van der Waals surface area contributed by atoms with Gasteiger partial charge in [0, 0.05) is 6.07 Å². The predicted molar refractivity (Wildman–Crippen MR) is 351 cm³/mol. The molecule has 0 aromatic heterocycles. The third-order valence-electron chi connectivity index (χ3n) is 15.6. The summed E-state index contributed by atoms with van der Waals surface area (Å²) in [4.78, 5) is 29.1. The molecule has 10 rings (SSSR count). The average molecular weight is 1210 g/mol. The minimum Gasteiger partial charge on any atom is -0.494 e. The molecule has 0 radical (unpaired) electrons. The van der Waals surface area contributed by atoms with Gasteiger partial charge in [-0.3, -0.25) is 0 Å². The number of hydrogen-bond donors (Lipinski definition) is 0. The third kappa shape index (κ3) is 17.9. The van der Waals surface area contributed by atoms with Crippen molar-refractivity contribution in [3.05, 3.63) is 175 Å².